The third kappa shape index (κ3) is 4.09. The number of carbonyl (C=O) groups excluding carboxylic acids is 1. The van der Waals surface area contributed by atoms with Crippen LogP contribution in [0, 0.1) is 18.8 Å². The number of ether oxygens (including phenoxy) is 1. The van der Waals surface area contributed by atoms with Crippen LogP contribution in [-0.2, 0) is 4.74 Å². The molecule has 0 unspecified atom stereocenters. The van der Waals surface area contributed by atoms with Gasteiger partial charge in [-0.05, 0) is 43.5 Å². The second kappa shape index (κ2) is 7.09. The lowest BCUT2D eigenvalue weighted by Crippen LogP contribution is -2.38. The quantitative estimate of drug-likeness (QED) is 0.796. The SMILES string of the molecule is Cc1cc(C#CCN)cc(C(=O)NC2CCOCC2)c1. The summed E-state index contributed by atoms with van der Waals surface area (Å²) in [6, 6.07) is 5.84. The molecular formula is C16H20N2O2. The van der Waals surface area contributed by atoms with Crippen molar-refractivity contribution in [2.24, 2.45) is 5.73 Å². The first-order valence-electron chi connectivity index (χ1n) is 6.88. The molecule has 1 aromatic carbocycles. The van der Waals surface area contributed by atoms with Gasteiger partial charge in [-0.3, -0.25) is 4.79 Å². The maximum atomic E-state index is 12.3. The molecule has 0 atom stereocenters. The van der Waals surface area contributed by atoms with Gasteiger partial charge in [0.1, 0.15) is 0 Å². The number of nitrogens with one attached hydrogen (secondary N) is 1. The highest BCUT2D eigenvalue weighted by Gasteiger charge is 2.17. The number of carbonyl (C=O) groups is 1. The monoisotopic (exact) mass is 272 g/mol. The molecule has 2 rings (SSSR count). The summed E-state index contributed by atoms with van der Waals surface area (Å²) in [5.74, 6) is 5.73. The van der Waals surface area contributed by atoms with E-state index in [2.05, 4.69) is 17.2 Å². The molecule has 1 saturated heterocycles. The minimum Gasteiger partial charge on any atom is -0.381 e. The summed E-state index contributed by atoms with van der Waals surface area (Å²) in [5.41, 5.74) is 7.87. The molecule has 1 amide bonds. The lowest BCUT2D eigenvalue weighted by atomic mass is 10.0. The van der Waals surface area contributed by atoms with Gasteiger partial charge in [-0.25, -0.2) is 0 Å². The van der Waals surface area contributed by atoms with Crippen LogP contribution in [0.25, 0.3) is 0 Å². The van der Waals surface area contributed by atoms with Gasteiger partial charge in [0.25, 0.3) is 5.91 Å². The Morgan fingerprint density at radius 3 is 2.85 bits per heavy atom. The van der Waals surface area contributed by atoms with Crippen LogP contribution in [0.5, 0.6) is 0 Å². The van der Waals surface area contributed by atoms with Crippen molar-refractivity contribution >= 4 is 5.91 Å². The first-order chi connectivity index (χ1) is 9.69. The normalized spacial score (nSPS) is 15.3. The summed E-state index contributed by atoms with van der Waals surface area (Å²) in [5, 5.41) is 3.05. The van der Waals surface area contributed by atoms with Crippen molar-refractivity contribution < 1.29 is 9.53 Å². The summed E-state index contributed by atoms with van der Waals surface area (Å²) >= 11 is 0. The molecule has 0 spiro atoms. The van der Waals surface area contributed by atoms with Gasteiger partial charge in [0.2, 0.25) is 0 Å². The molecule has 1 aromatic rings. The zero-order valence-electron chi connectivity index (χ0n) is 11.7. The smallest absolute Gasteiger partial charge is 0.251 e. The van der Waals surface area contributed by atoms with Crippen LogP contribution in [-0.4, -0.2) is 31.7 Å². The van der Waals surface area contributed by atoms with E-state index >= 15 is 0 Å². The van der Waals surface area contributed by atoms with Crippen LogP contribution >= 0.6 is 0 Å². The lowest BCUT2D eigenvalue weighted by Gasteiger charge is -2.23. The highest BCUT2D eigenvalue weighted by molar-refractivity contribution is 5.95. The van der Waals surface area contributed by atoms with Crippen molar-refractivity contribution in [2.75, 3.05) is 19.8 Å². The molecule has 0 radical (unpaired) electrons. The van der Waals surface area contributed by atoms with E-state index in [9.17, 15) is 4.79 Å². The summed E-state index contributed by atoms with van der Waals surface area (Å²) in [6.45, 7) is 3.70. The summed E-state index contributed by atoms with van der Waals surface area (Å²) in [7, 11) is 0. The van der Waals surface area contributed by atoms with Crippen LogP contribution in [0.3, 0.4) is 0 Å². The van der Waals surface area contributed by atoms with Gasteiger partial charge in [0, 0.05) is 30.4 Å². The van der Waals surface area contributed by atoms with Crippen LogP contribution in [0.4, 0.5) is 0 Å². The summed E-state index contributed by atoms with van der Waals surface area (Å²) in [4.78, 5) is 12.3. The summed E-state index contributed by atoms with van der Waals surface area (Å²) < 4.78 is 5.29. The van der Waals surface area contributed by atoms with E-state index in [1.807, 2.05) is 25.1 Å². The molecule has 4 heteroatoms. The molecule has 0 aliphatic carbocycles. The molecule has 3 N–H and O–H groups in total. The molecule has 1 aliphatic rings. The molecule has 1 heterocycles. The number of aryl methyl sites for hydroxylation is 1. The molecule has 0 aromatic heterocycles. The highest BCUT2D eigenvalue weighted by Crippen LogP contribution is 2.11. The maximum Gasteiger partial charge on any atom is 0.251 e. The second-order valence-electron chi connectivity index (χ2n) is 4.95. The molecule has 1 fully saturated rings. The predicted octanol–water partition coefficient (Wildman–Crippen LogP) is 1.21. The van der Waals surface area contributed by atoms with Crippen LogP contribution < -0.4 is 11.1 Å². The first kappa shape index (κ1) is 14.6. The van der Waals surface area contributed by atoms with E-state index in [-0.39, 0.29) is 11.9 Å². The molecule has 1 aliphatic heterocycles. The van der Waals surface area contributed by atoms with E-state index in [1.165, 1.54) is 0 Å². The Labute approximate surface area is 119 Å². The van der Waals surface area contributed by atoms with Gasteiger partial charge in [0.05, 0.1) is 6.54 Å². The standard InChI is InChI=1S/C16H20N2O2/c1-12-9-13(3-2-6-17)11-14(10-12)16(19)18-15-4-7-20-8-5-15/h9-11,15H,4-8,17H2,1H3,(H,18,19). The Bertz CT molecular complexity index is 537. The first-order valence-corrected chi connectivity index (χ1v) is 6.88. The van der Waals surface area contributed by atoms with Crippen LogP contribution in [0.15, 0.2) is 18.2 Å². The number of amides is 1. The second-order valence-corrected chi connectivity index (χ2v) is 4.95. The van der Waals surface area contributed by atoms with E-state index in [0.29, 0.717) is 25.3 Å². The van der Waals surface area contributed by atoms with Gasteiger partial charge in [0.15, 0.2) is 0 Å². The molecule has 0 saturated carbocycles. The van der Waals surface area contributed by atoms with Crippen LogP contribution in [0.2, 0.25) is 0 Å². The number of hydrogen-bond donors (Lipinski definition) is 2. The van der Waals surface area contributed by atoms with E-state index in [4.69, 9.17) is 10.5 Å². The number of hydrogen-bond acceptors (Lipinski definition) is 3. The highest BCUT2D eigenvalue weighted by atomic mass is 16.5. The van der Waals surface area contributed by atoms with Crippen molar-refractivity contribution in [2.45, 2.75) is 25.8 Å². The Morgan fingerprint density at radius 1 is 1.40 bits per heavy atom. The summed E-state index contributed by atoms with van der Waals surface area (Å²) in [6.07, 6.45) is 1.74. The minimum absolute atomic E-state index is 0.0450. The third-order valence-electron chi connectivity index (χ3n) is 3.23. The van der Waals surface area contributed by atoms with Gasteiger partial charge in [-0.1, -0.05) is 11.8 Å². The third-order valence-corrected chi connectivity index (χ3v) is 3.23. The molecule has 20 heavy (non-hydrogen) atoms. The topological polar surface area (TPSA) is 64.4 Å². The Balaban J connectivity index is 2.10. The number of rotatable bonds is 2. The van der Waals surface area contributed by atoms with Crippen molar-refractivity contribution in [1.29, 1.82) is 0 Å². The molecule has 0 bridgehead atoms. The van der Waals surface area contributed by atoms with Crippen molar-refractivity contribution in [3.63, 3.8) is 0 Å². The van der Waals surface area contributed by atoms with Crippen molar-refractivity contribution in [3.8, 4) is 11.8 Å². The Hall–Kier alpha value is -1.83. The Morgan fingerprint density at radius 2 is 2.15 bits per heavy atom. The lowest BCUT2D eigenvalue weighted by molar-refractivity contribution is 0.0696. The van der Waals surface area contributed by atoms with Gasteiger partial charge < -0.3 is 15.8 Å². The maximum absolute atomic E-state index is 12.3. The Kier molecular flexibility index (Phi) is 5.16. The fourth-order valence-corrected chi connectivity index (χ4v) is 2.25. The van der Waals surface area contributed by atoms with Crippen molar-refractivity contribution in [3.05, 3.63) is 34.9 Å². The average Bonchev–Trinajstić information content (AvgIpc) is 2.45. The number of nitrogens with two attached hydrogens (primary N) is 1. The minimum atomic E-state index is -0.0450. The fraction of sp³-hybridized carbons (Fsp3) is 0.438. The van der Waals surface area contributed by atoms with Gasteiger partial charge in [-0.2, -0.15) is 0 Å². The fourth-order valence-electron chi connectivity index (χ4n) is 2.25. The van der Waals surface area contributed by atoms with Gasteiger partial charge >= 0.3 is 0 Å². The average molecular weight is 272 g/mol. The zero-order chi connectivity index (χ0) is 14.4. The largest absolute Gasteiger partial charge is 0.381 e. The predicted molar refractivity (Wildman–Crippen MR) is 78.4 cm³/mol. The number of benzene rings is 1. The van der Waals surface area contributed by atoms with E-state index in [0.717, 1.165) is 24.0 Å². The van der Waals surface area contributed by atoms with Gasteiger partial charge in [-0.15, -0.1) is 0 Å². The zero-order valence-corrected chi connectivity index (χ0v) is 11.7. The molecule has 106 valence electrons. The van der Waals surface area contributed by atoms with Crippen molar-refractivity contribution in [1.82, 2.24) is 5.32 Å². The van der Waals surface area contributed by atoms with E-state index < -0.39 is 0 Å². The molecular weight excluding hydrogens is 252 g/mol. The molecule has 4 nitrogen and oxygen atoms in total. The van der Waals surface area contributed by atoms with Crippen LogP contribution in [0.1, 0.15) is 34.3 Å². The van der Waals surface area contributed by atoms with E-state index in [1.54, 1.807) is 0 Å².